The lowest BCUT2D eigenvalue weighted by Crippen LogP contribution is -2.07. The highest BCUT2D eigenvalue weighted by molar-refractivity contribution is 7.80. The molecular weight excluding hydrogens is 192 g/mol. The Labute approximate surface area is 95.0 Å². The molecular formula is C12H26OS. The zero-order chi connectivity index (χ0) is 10.6. The molecule has 14 heavy (non-hydrogen) atoms. The average Bonchev–Trinajstić information content (AvgIpc) is 2.21. The lowest BCUT2D eigenvalue weighted by molar-refractivity contribution is 0.107. The van der Waals surface area contributed by atoms with Crippen LogP contribution in [0.2, 0.25) is 0 Å². The van der Waals surface area contributed by atoms with Crippen LogP contribution in [0.1, 0.15) is 52.4 Å². The summed E-state index contributed by atoms with van der Waals surface area (Å²) in [6.07, 6.45) is 8.04. The lowest BCUT2D eigenvalue weighted by Gasteiger charge is -2.08. The smallest absolute Gasteiger partial charge is 0.0499 e. The van der Waals surface area contributed by atoms with E-state index in [1.807, 2.05) is 0 Å². The standard InChI is InChI=1S/C12H26OS/c1-3-4-5-6-7-8-9-13-10-12(2)11-14/h12,14H,3-11H2,1-2H3. The van der Waals surface area contributed by atoms with Gasteiger partial charge in [0.2, 0.25) is 0 Å². The van der Waals surface area contributed by atoms with Crippen LogP contribution in [0.25, 0.3) is 0 Å². The summed E-state index contributed by atoms with van der Waals surface area (Å²) < 4.78 is 5.54. The van der Waals surface area contributed by atoms with Crippen molar-refractivity contribution in [3.8, 4) is 0 Å². The summed E-state index contributed by atoms with van der Waals surface area (Å²) >= 11 is 4.22. The van der Waals surface area contributed by atoms with E-state index in [2.05, 4.69) is 26.5 Å². The van der Waals surface area contributed by atoms with E-state index in [9.17, 15) is 0 Å². The van der Waals surface area contributed by atoms with E-state index in [0.717, 1.165) is 19.0 Å². The van der Waals surface area contributed by atoms with Crippen LogP contribution in [0, 0.1) is 5.92 Å². The van der Waals surface area contributed by atoms with Gasteiger partial charge in [0.15, 0.2) is 0 Å². The molecule has 86 valence electrons. The minimum atomic E-state index is 0.596. The molecule has 0 fully saturated rings. The fraction of sp³-hybridized carbons (Fsp3) is 1.00. The van der Waals surface area contributed by atoms with Gasteiger partial charge in [-0.15, -0.1) is 0 Å². The summed E-state index contributed by atoms with van der Waals surface area (Å²) in [4.78, 5) is 0. The molecule has 1 nitrogen and oxygen atoms in total. The average molecular weight is 218 g/mol. The van der Waals surface area contributed by atoms with Gasteiger partial charge in [0.25, 0.3) is 0 Å². The molecule has 0 amide bonds. The van der Waals surface area contributed by atoms with Gasteiger partial charge < -0.3 is 4.74 Å². The van der Waals surface area contributed by atoms with E-state index < -0.39 is 0 Å². The Morgan fingerprint density at radius 3 is 2.36 bits per heavy atom. The van der Waals surface area contributed by atoms with Crippen molar-refractivity contribution in [3.63, 3.8) is 0 Å². The normalized spacial score (nSPS) is 13.1. The van der Waals surface area contributed by atoms with Crippen molar-refractivity contribution in [3.05, 3.63) is 0 Å². The van der Waals surface area contributed by atoms with Crippen LogP contribution < -0.4 is 0 Å². The number of hydrogen-bond donors (Lipinski definition) is 1. The summed E-state index contributed by atoms with van der Waals surface area (Å²) in [6, 6.07) is 0. The Morgan fingerprint density at radius 2 is 1.71 bits per heavy atom. The van der Waals surface area contributed by atoms with Gasteiger partial charge >= 0.3 is 0 Å². The van der Waals surface area contributed by atoms with Crippen molar-refractivity contribution in [1.29, 1.82) is 0 Å². The largest absolute Gasteiger partial charge is 0.381 e. The third kappa shape index (κ3) is 10.4. The number of unbranched alkanes of at least 4 members (excludes halogenated alkanes) is 5. The first kappa shape index (κ1) is 14.3. The van der Waals surface area contributed by atoms with Crippen molar-refractivity contribution in [2.24, 2.45) is 5.92 Å². The fourth-order valence-corrected chi connectivity index (χ4v) is 1.43. The predicted octanol–water partition coefficient (Wildman–Crippen LogP) is 3.93. The van der Waals surface area contributed by atoms with Crippen molar-refractivity contribution in [2.45, 2.75) is 52.4 Å². The zero-order valence-electron chi connectivity index (χ0n) is 9.80. The van der Waals surface area contributed by atoms with Crippen LogP contribution >= 0.6 is 12.6 Å². The second-order valence-electron chi connectivity index (χ2n) is 4.13. The van der Waals surface area contributed by atoms with E-state index in [0.29, 0.717) is 5.92 Å². The maximum Gasteiger partial charge on any atom is 0.0499 e. The molecule has 2 heteroatoms. The van der Waals surface area contributed by atoms with Crippen LogP contribution in [0.3, 0.4) is 0 Å². The Bertz CT molecular complexity index is 106. The van der Waals surface area contributed by atoms with Gasteiger partial charge in [-0.1, -0.05) is 46.0 Å². The molecule has 0 aliphatic heterocycles. The second-order valence-corrected chi connectivity index (χ2v) is 4.50. The van der Waals surface area contributed by atoms with Crippen LogP contribution in [0.5, 0.6) is 0 Å². The second kappa shape index (κ2) is 11.4. The van der Waals surface area contributed by atoms with Crippen LogP contribution in [-0.2, 0) is 4.74 Å². The Morgan fingerprint density at radius 1 is 1.07 bits per heavy atom. The van der Waals surface area contributed by atoms with E-state index in [1.165, 1.54) is 38.5 Å². The molecule has 0 aliphatic carbocycles. The molecule has 0 aromatic rings. The van der Waals surface area contributed by atoms with Crippen LogP contribution in [0.15, 0.2) is 0 Å². The number of ether oxygens (including phenoxy) is 1. The maximum atomic E-state index is 5.54. The maximum absolute atomic E-state index is 5.54. The molecule has 0 aliphatic rings. The highest BCUT2D eigenvalue weighted by atomic mass is 32.1. The van der Waals surface area contributed by atoms with Gasteiger partial charge in [0.1, 0.15) is 0 Å². The topological polar surface area (TPSA) is 9.23 Å². The summed E-state index contributed by atoms with van der Waals surface area (Å²) in [5.74, 6) is 1.52. The highest BCUT2D eigenvalue weighted by Crippen LogP contribution is 2.05. The van der Waals surface area contributed by atoms with Gasteiger partial charge in [-0.3, -0.25) is 0 Å². The van der Waals surface area contributed by atoms with Crippen LogP contribution in [-0.4, -0.2) is 19.0 Å². The molecule has 0 saturated heterocycles. The van der Waals surface area contributed by atoms with E-state index in [-0.39, 0.29) is 0 Å². The zero-order valence-corrected chi connectivity index (χ0v) is 10.7. The van der Waals surface area contributed by atoms with Gasteiger partial charge in [-0.2, -0.15) is 12.6 Å². The van der Waals surface area contributed by atoms with Gasteiger partial charge in [-0.25, -0.2) is 0 Å². The molecule has 0 heterocycles. The Balaban J connectivity index is 2.92. The number of rotatable bonds is 10. The summed E-state index contributed by atoms with van der Waals surface area (Å²) in [6.45, 7) is 6.24. The van der Waals surface area contributed by atoms with E-state index >= 15 is 0 Å². The fourth-order valence-electron chi connectivity index (χ4n) is 1.32. The number of thiol groups is 1. The Kier molecular flexibility index (Phi) is 11.6. The van der Waals surface area contributed by atoms with Gasteiger partial charge in [-0.05, 0) is 18.1 Å². The quantitative estimate of drug-likeness (QED) is 0.432. The van der Waals surface area contributed by atoms with Crippen LogP contribution in [0.4, 0.5) is 0 Å². The lowest BCUT2D eigenvalue weighted by atomic mass is 10.1. The minimum absolute atomic E-state index is 0.596. The third-order valence-electron chi connectivity index (χ3n) is 2.36. The molecule has 1 unspecified atom stereocenters. The van der Waals surface area contributed by atoms with Crippen molar-refractivity contribution >= 4 is 12.6 Å². The molecule has 1 atom stereocenters. The first-order chi connectivity index (χ1) is 6.81. The summed E-state index contributed by atoms with van der Waals surface area (Å²) in [7, 11) is 0. The molecule has 0 saturated carbocycles. The molecule has 0 aromatic carbocycles. The monoisotopic (exact) mass is 218 g/mol. The third-order valence-corrected chi connectivity index (χ3v) is 2.98. The first-order valence-corrected chi connectivity index (χ1v) is 6.63. The number of hydrogen-bond acceptors (Lipinski definition) is 2. The van der Waals surface area contributed by atoms with Crippen molar-refractivity contribution in [2.75, 3.05) is 19.0 Å². The first-order valence-electron chi connectivity index (χ1n) is 5.99. The summed E-state index contributed by atoms with van der Waals surface area (Å²) in [5, 5.41) is 0. The van der Waals surface area contributed by atoms with Gasteiger partial charge in [0.05, 0.1) is 0 Å². The van der Waals surface area contributed by atoms with E-state index in [4.69, 9.17) is 4.74 Å². The van der Waals surface area contributed by atoms with Crippen molar-refractivity contribution < 1.29 is 4.74 Å². The molecule has 0 spiro atoms. The predicted molar refractivity (Wildman–Crippen MR) is 67.2 cm³/mol. The Hall–Kier alpha value is 0.310. The summed E-state index contributed by atoms with van der Waals surface area (Å²) in [5.41, 5.74) is 0. The molecule has 0 rings (SSSR count). The molecule has 0 radical (unpaired) electrons. The van der Waals surface area contributed by atoms with Crippen molar-refractivity contribution in [1.82, 2.24) is 0 Å². The highest BCUT2D eigenvalue weighted by Gasteiger charge is 1.98. The molecule has 0 bridgehead atoms. The SMILES string of the molecule is CCCCCCCCOCC(C)CS. The molecule has 0 N–H and O–H groups in total. The minimum Gasteiger partial charge on any atom is -0.381 e. The van der Waals surface area contributed by atoms with E-state index in [1.54, 1.807) is 0 Å². The van der Waals surface area contributed by atoms with Gasteiger partial charge in [0, 0.05) is 13.2 Å². The molecule has 0 aromatic heterocycles.